The molecular formula is C14H25N3O. The summed E-state index contributed by atoms with van der Waals surface area (Å²) >= 11 is 0. The van der Waals surface area contributed by atoms with E-state index in [2.05, 4.69) is 28.8 Å². The molecule has 18 heavy (non-hydrogen) atoms. The molecule has 1 N–H and O–H groups in total. The molecule has 0 saturated heterocycles. The number of aromatic nitrogens is 2. The molecule has 0 bridgehead atoms. The number of nitrogens with zero attached hydrogens (tertiary/aromatic N) is 2. The number of nitrogens with one attached hydrogen (secondary N) is 1. The molecule has 1 saturated carbocycles. The summed E-state index contributed by atoms with van der Waals surface area (Å²) in [4.78, 5) is 4.43. The summed E-state index contributed by atoms with van der Waals surface area (Å²) in [5, 5.41) is 3.63. The first-order chi connectivity index (χ1) is 8.76. The monoisotopic (exact) mass is 251 g/mol. The SMILES string of the molecule is CCCNC(Cc1nccn1C)C(OC)C1CC1. The quantitative estimate of drug-likeness (QED) is 0.765. The van der Waals surface area contributed by atoms with E-state index < -0.39 is 0 Å². The summed E-state index contributed by atoms with van der Waals surface area (Å²) in [5.41, 5.74) is 0. The minimum Gasteiger partial charge on any atom is -0.380 e. The van der Waals surface area contributed by atoms with Gasteiger partial charge in [-0.05, 0) is 31.7 Å². The van der Waals surface area contributed by atoms with Crippen molar-refractivity contribution in [3.63, 3.8) is 0 Å². The fraction of sp³-hybridized carbons (Fsp3) is 0.786. The zero-order valence-electron chi connectivity index (χ0n) is 11.7. The van der Waals surface area contributed by atoms with Gasteiger partial charge in [0, 0.05) is 39.0 Å². The topological polar surface area (TPSA) is 39.1 Å². The molecule has 4 heteroatoms. The third kappa shape index (κ3) is 3.33. The van der Waals surface area contributed by atoms with E-state index in [-0.39, 0.29) is 0 Å². The molecule has 0 aromatic carbocycles. The highest BCUT2D eigenvalue weighted by Crippen LogP contribution is 2.36. The Balaban J connectivity index is 2.01. The second kappa shape index (κ2) is 6.34. The number of ether oxygens (including phenoxy) is 1. The Morgan fingerprint density at radius 2 is 2.33 bits per heavy atom. The van der Waals surface area contributed by atoms with Crippen molar-refractivity contribution in [3.8, 4) is 0 Å². The van der Waals surface area contributed by atoms with Crippen LogP contribution < -0.4 is 5.32 Å². The van der Waals surface area contributed by atoms with Crippen molar-refractivity contribution in [2.45, 2.75) is 44.8 Å². The smallest absolute Gasteiger partial charge is 0.110 e. The fourth-order valence-electron chi connectivity index (χ4n) is 2.53. The van der Waals surface area contributed by atoms with Gasteiger partial charge in [0.05, 0.1) is 6.10 Å². The van der Waals surface area contributed by atoms with E-state index in [0.29, 0.717) is 12.1 Å². The average molecular weight is 251 g/mol. The van der Waals surface area contributed by atoms with Crippen LogP contribution in [0.5, 0.6) is 0 Å². The van der Waals surface area contributed by atoms with Gasteiger partial charge in [0.15, 0.2) is 0 Å². The van der Waals surface area contributed by atoms with E-state index in [4.69, 9.17) is 4.74 Å². The van der Waals surface area contributed by atoms with E-state index in [1.807, 2.05) is 19.5 Å². The van der Waals surface area contributed by atoms with Gasteiger partial charge < -0.3 is 14.6 Å². The Morgan fingerprint density at radius 3 is 2.83 bits per heavy atom. The number of hydrogen-bond donors (Lipinski definition) is 1. The number of rotatable bonds is 8. The molecule has 2 atom stereocenters. The fourth-order valence-corrected chi connectivity index (χ4v) is 2.53. The predicted octanol–water partition coefficient (Wildman–Crippen LogP) is 1.76. The predicted molar refractivity (Wildman–Crippen MR) is 72.5 cm³/mol. The highest BCUT2D eigenvalue weighted by Gasteiger charge is 2.36. The van der Waals surface area contributed by atoms with Gasteiger partial charge in [0.1, 0.15) is 5.82 Å². The van der Waals surface area contributed by atoms with Crippen LogP contribution in [-0.4, -0.2) is 35.4 Å². The molecule has 0 aliphatic heterocycles. The van der Waals surface area contributed by atoms with E-state index in [1.165, 1.54) is 12.8 Å². The summed E-state index contributed by atoms with van der Waals surface area (Å²) in [6, 6.07) is 0.378. The molecule has 0 spiro atoms. The highest BCUT2D eigenvalue weighted by atomic mass is 16.5. The van der Waals surface area contributed by atoms with Crippen LogP contribution in [-0.2, 0) is 18.2 Å². The number of methoxy groups -OCH3 is 1. The molecule has 1 aliphatic rings. The van der Waals surface area contributed by atoms with Crippen LogP contribution in [0.3, 0.4) is 0 Å². The Kier molecular flexibility index (Phi) is 4.78. The molecule has 0 amide bonds. The van der Waals surface area contributed by atoms with E-state index in [0.717, 1.165) is 31.1 Å². The van der Waals surface area contributed by atoms with Crippen molar-refractivity contribution in [2.75, 3.05) is 13.7 Å². The number of aryl methyl sites for hydroxylation is 1. The molecule has 102 valence electrons. The normalized spacial score (nSPS) is 18.8. The molecule has 0 radical (unpaired) electrons. The second-order valence-electron chi connectivity index (χ2n) is 5.26. The van der Waals surface area contributed by atoms with Gasteiger partial charge in [-0.1, -0.05) is 6.92 Å². The van der Waals surface area contributed by atoms with Crippen LogP contribution >= 0.6 is 0 Å². The van der Waals surface area contributed by atoms with Crippen molar-refractivity contribution in [1.82, 2.24) is 14.9 Å². The van der Waals surface area contributed by atoms with Crippen molar-refractivity contribution in [2.24, 2.45) is 13.0 Å². The van der Waals surface area contributed by atoms with Crippen LogP contribution in [0, 0.1) is 5.92 Å². The lowest BCUT2D eigenvalue weighted by Crippen LogP contribution is -2.44. The van der Waals surface area contributed by atoms with E-state index in [1.54, 1.807) is 0 Å². The lowest BCUT2D eigenvalue weighted by molar-refractivity contribution is 0.0503. The highest BCUT2D eigenvalue weighted by molar-refractivity contribution is 4.99. The van der Waals surface area contributed by atoms with Crippen LogP contribution in [0.15, 0.2) is 12.4 Å². The first kappa shape index (κ1) is 13.6. The Labute approximate surface area is 110 Å². The van der Waals surface area contributed by atoms with Gasteiger partial charge in [-0.3, -0.25) is 0 Å². The number of imidazole rings is 1. The number of hydrogen-bond acceptors (Lipinski definition) is 3. The van der Waals surface area contributed by atoms with E-state index >= 15 is 0 Å². The van der Waals surface area contributed by atoms with Gasteiger partial charge in [0.25, 0.3) is 0 Å². The maximum atomic E-state index is 5.72. The van der Waals surface area contributed by atoms with Crippen molar-refractivity contribution in [3.05, 3.63) is 18.2 Å². The van der Waals surface area contributed by atoms with Gasteiger partial charge in [-0.25, -0.2) is 4.98 Å². The van der Waals surface area contributed by atoms with Crippen LogP contribution in [0.2, 0.25) is 0 Å². The standard InChI is InChI=1S/C14H25N3O/c1-4-7-15-12(14(18-3)11-5-6-11)10-13-16-8-9-17(13)2/h8-9,11-12,14-15H,4-7,10H2,1-3H3. The molecule has 1 fully saturated rings. The minimum atomic E-state index is 0.327. The van der Waals surface area contributed by atoms with Crippen molar-refractivity contribution >= 4 is 0 Å². The molecule has 1 aromatic heterocycles. The maximum Gasteiger partial charge on any atom is 0.110 e. The van der Waals surface area contributed by atoms with Crippen LogP contribution in [0.1, 0.15) is 32.0 Å². The summed E-state index contributed by atoms with van der Waals surface area (Å²) in [6.07, 6.45) is 8.91. The lowest BCUT2D eigenvalue weighted by atomic mass is 10.0. The first-order valence-corrected chi connectivity index (χ1v) is 6.98. The third-order valence-electron chi connectivity index (χ3n) is 3.74. The first-order valence-electron chi connectivity index (χ1n) is 6.98. The molecule has 2 unspecified atom stereocenters. The largest absolute Gasteiger partial charge is 0.380 e. The molecule has 4 nitrogen and oxygen atoms in total. The Hall–Kier alpha value is -0.870. The molecule has 2 rings (SSSR count). The van der Waals surface area contributed by atoms with Crippen LogP contribution in [0.25, 0.3) is 0 Å². The molecular weight excluding hydrogens is 226 g/mol. The van der Waals surface area contributed by atoms with Gasteiger partial charge in [0.2, 0.25) is 0 Å². The van der Waals surface area contributed by atoms with E-state index in [9.17, 15) is 0 Å². The average Bonchev–Trinajstić information content (AvgIpc) is 3.12. The maximum absolute atomic E-state index is 5.72. The van der Waals surface area contributed by atoms with Gasteiger partial charge in [-0.2, -0.15) is 0 Å². The Bertz CT molecular complexity index is 360. The second-order valence-corrected chi connectivity index (χ2v) is 5.26. The zero-order valence-corrected chi connectivity index (χ0v) is 11.7. The lowest BCUT2D eigenvalue weighted by Gasteiger charge is -2.27. The van der Waals surface area contributed by atoms with Crippen LogP contribution in [0.4, 0.5) is 0 Å². The summed E-state index contributed by atoms with van der Waals surface area (Å²) < 4.78 is 7.82. The molecule has 1 aliphatic carbocycles. The Morgan fingerprint density at radius 1 is 1.56 bits per heavy atom. The molecule has 1 heterocycles. The molecule has 1 aromatic rings. The zero-order chi connectivity index (χ0) is 13.0. The minimum absolute atomic E-state index is 0.327. The van der Waals surface area contributed by atoms with Gasteiger partial charge in [-0.15, -0.1) is 0 Å². The van der Waals surface area contributed by atoms with Gasteiger partial charge >= 0.3 is 0 Å². The van der Waals surface area contributed by atoms with Crippen molar-refractivity contribution < 1.29 is 4.74 Å². The summed E-state index contributed by atoms with van der Waals surface area (Å²) in [7, 11) is 3.89. The third-order valence-corrected chi connectivity index (χ3v) is 3.74. The summed E-state index contributed by atoms with van der Waals surface area (Å²) in [5.74, 6) is 1.87. The summed E-state index contributed by atoms with van der Waals surface area (Å²) in [6.45, 7) is 3.24. The van der Waals surface area contributed by atoms with Crippen molar-refractivity contribution in [1.29, 1.82) is 0 Å².